The van der Waals surface area contributed by atoms with Crippen LogP contribution in [-0.4, -0.2) is 60.9 Å². The van der Waals surface area contributed by atoms with Gasteiger partial charge < -0.3 is 15.5 Å². The minimum absolute atomic E-state index is 0.0645. The van der Waals surface area contributed by atoms with Crippen LogP contribution in [0.2, 0.25) is 5.02 Å². The maximum absolute atomic E-state index is 11.6. The first-order chi connectivity index (χ1) is 11.5. The number of hydrogen-bond donors (Lipinski definition) is 2. The molecule has 1 aromatic carbocycles. The molecule has 1 aromatic rings. The molecule has 8 heteroatoms. The quantitative estimate of drug-likeness (QED) is 0.460. The van der Waals surface area contributed by atoms with E-state index < -0.39 is 0 Å². The van der Waals surface area contributed by atoms with Crippen LogP contribution in [0, 0.1) is 0 Å². The average molecular weight is 352 g/mol. The van der Waals surface area contributed by atoms with E-state index in [9.17, 15) is 9.59 Å². The third-order valence-corrected chi connectivity index (χ3v) is 3.95. The van der Waals surface area contributed by atoms with E-state index in [2.05, 4.69) is 15.6 Å². The van der Waals surface area contributed by atoms with Gasteiger partial charge in [0.1, 0.15) is 0 Å². The van der Waals surface area contributed by atoms with Crippen molar-refractivity contribution < 1.29 is 9.59 Å². The van der Waals surface area contributed by atoms with Crippen molar-refractivity contribution in [2.24, 2.45) is 4.99 Å². The minimum Gasteiger partial charge on any atom is -0.357 e. The fourth-order valence-electron chi connectivity index (χ4n) is 2.36. The number of aliphatic imine (C=N–C) groups is 1. The van der Waals surface area contributed by atoms with Crippen molar-refractivity contribution in [3.8, 4) is 0 Å². The van der Waals surface area contributed by atoms with Crippen molar-refractivity contribution in [3.63, 3.8) is 0 Å². The zero-order valence-electron chi connectivity index (χ0n) is 13.9. The van der Waals surface area contributed by atoms with E-state index in [1.165, 1.54) is 4.90 Å². The average Bonchev–Trinajstić information content (AvgIpc) is 2.88. The van der Waals surface area contributed by atoms with Crippen LogP contribution in [-0.2, 0) is 11.3 Å². The molecule has 0 spiro atoms. The number of nitrogens with zero attached hydrogens (tertiary/aromatic N) is 3. The summed E-state index contributed by atoms with van der Waals surface area (Å²) in [6.45, 7) is 3.97. The van der Waals surface area contributed by atoms with Crippen molar-refractivity contribution in [1.29, 1.82) is 0 Å². The van der Waals surface area contributed by atoms with E-state index in [-0.39, 0.29) is 25.0 Å². The molecule has 0 aliphatic carbocycles. The summed E-state index contributed by atoms with van der Waals surface area (Å²) >= 11 is 6.20. The highest BCUT2D eigenvalue weighted by molar-refractivity contribution is 6.31. The maximum Gasteiger partial charge on any atom is 0.324 e. The SMILES string of the molecule is CCNC(=NCCN1C(=O)CNC1=O)N(C)Cc1ccccc1Cl. The van der Waals surface area contributed by atoms with Gasteiger partial charge in [0, 0.05) is 25.2 Å². The summed E-state index contributed by atoms with van der Waals surface area (Å²) in [6.07, 6.45) is 0. The van der Waals surface area contributed by atoms with Crippen LogP contribution in [0.25, 0.3) is 0 Å². The Hall–Kier alpha value is -2.28. The van der Waals surface area contributed by atoms with Crippen molar-refractivity contribution in [3.05, 3.63) is 34.9 Å². The normalized spacial score (nSPS) is 14.8. The van der Waals surface area contributed by atoms with Gasteiger partial charge in [0.25, 0.3) is 0 Å². The second-order valence-electron chi connectivity index (χ2n) is 5.39. The monoisotopic (exact) mass is 351 g/mol. The molecule has 7 nitrogen and oxygen atoms in total. The number of amides is 3. The number of benzene rings is 1. The first kappa shape index (κ1) is 18.1. The molecule has 0 unspecified atom stereocenters. The third-order valence-electron chi connectivity index (χ3n) is 3.58. The first-order valence-corrected chi connectivity index (χ1v) is 8.21. The summed E-state index contributed by atoms with van der Waals surface area (Å²) in [5, 5.41) is 6.40. The van der Waals surface area contributed by atoms with E-state index >= 15 is 0 Å². The van der Waals surface area contributed by atoms with Crippen LogP contribution < -0.4 is 10.6 Å². The molecular formula is C16H22ClN5O2. The molecule has 0 bridgehead atoms. The number of rotatable bonds is 6. The van der Waals surface area contributed by atoms with E-state index in [0.29, 0.717) is 24.1 Å². The summed E-state index contributed by atoms with van der Waals surface area (Å²) in [4.78, 5) is 30.7. The molecule has 1 saturated heterocycles. The highest BCUT2D eigenvalue weighted by Crippen LogP contribution is 2.16. The lowest BCUT2D eigenvalue weighted by molar-refractivity contribution is -0.124. The van der Waals surface area contributed by atoms with Gasteiger partial charge in [-0.2, -0.15) is 0 Å². The largest absolute Gasteiger partial charge is 0.357 e. The molecule has 1 heterocycles. The van der Waals surface area contributed by atoms with Gasteiger partial charge in [-0.1, -0.05) is 29.8 Å². The summed E-state index contributed by atoms with van der Waals surface area (Å²) in [7, 11) is 1.92. The molecule has 0 radical (unpaired) electrons. The summed E-state index contributed by atoms with van der Waals surface area (Å²) in [6, 6.07) is 7.30. The Morgan fingerprint density at radius 3 is 2.79 bits per heavy atom. The van der Waals surface area contributed by atoms with Gasteiger partial charge in [0.05, 0.1) is 19.6 Å². The zero-order valence-corrected chi connectivity index (χ0v) is 14.6. The van der Waals surface area contributed by atoms with E-state index in [1.807, 2.05) is 43.1 Å². The van der Waals surface area contributed by atoms with Gasteiger partial charge in [-0.25, -0.2) is 4.79 Å². The lowest BCUT2D eigenvalue weighted by Gasteiger charge is -2.23. The number of carbonyl (C=O) groups excluding carboxylic acids is 2. The van der Waals surface area contributed by atoms with Crippen LogP contribution in [0.3, 0.4) is 0 Å². The second kappa shape index (κ2) is 8.54. The van der Waals surface area contributed by atoms with Crippen LogP contribution >= 0.6 is 11.6 Å². The predicted octanol–water partition coefficient (Wildman–Crippen LogP) is 1.29. The molecule has 1 fully saturated rings. The number of imide groups is 1. The van der Waals surface area contributed by atoms with Gasteiger partial charge in [-0.3, -0.25) is 14.7 Å². The topological polar surface area (TPSA) is 77.0 Å². The Kier molecular flexibility index (Phi) is 6.43. The molecular weight excluding hydrogens is 330 g/mol. The van der Waals surface area contributed by atoms with Crippen molar-refractivity contribution >= 4 is 29.5 Å². The summed E-state index contributed by atoms with van der Waals surface area (Å²) in [5.41, 5.74) is 1.00. The smallest absolute Gasteiger partial charge is 0.324 e. The Labute approximate surface area is 146 Å². The van der Waals surface area contributed by atoms with Crippen LogP contribution in [0.15, 0.2) is 29.3 Å². The van der Waals surface area contributed by atoms with Crippen LogP contribution in [0.5, 0.6) is 0 Å². The highest BCUT2D eigenvalue weighted by Gasteiger charge is 2.27. The number of hydrogen-bond acceptors (Lipinski definition) is 3. The Balaban J connectivity index is 1.98. The first-order valence-electron chi connectivity index (χ1n) is 7.84. The molecule has 130 valence electrons. The fourth-order valence-corrected chi connectivity index (χ4v) is 2.56. The molecule has 1 aliphatic heterocycles. The number of carbonyl (C=O) groups is 2. The van der Waals surface area contributed by atoms with Gasteiger partial charge in [-0.15, -0.1) is 0 Å². The van der Waals surface area contributed by atoms with Gasteiger partial charge >= 0.3 is 6.03 Å². The molecule has 2 N–H and O–H groups in total. The standard InChI is InChI=1S/C16H22ClN5O2/c1-3-18-15(19-8-9-22-14(23)10-20-16(22)24)21(2)11-12-6-4-5-7-13(12)17/h4-7H,3,8-11H2,1-2H3,(H,18,19)(H,20,24). The van der Waals surface area contributed by atoms with E-state index in [1.54, 1.807) is 0 Å². The Morgan fingerprint density at radius 2 is 2.17 bits per heavy atom. The summed E-state index contributed by atoms with van der Waals surface area (Å²) < 4.78 is 0. The van der Waals surface area contributed by atoms with Crippen molar-refractivity contribution in [2.45, 2.75) is 13.5 Å². The van der Waals surface area contributed by atoms with E-state index in [0.717, 1.165) is 12.1 Å². The number of nitrogens with one attached hydrogen (secondary N) is 2. The lowest BCUT2D eigenvalue weighted by Crippen LogP contribution is -2.39. The molecule has 0 atom stereocenters. The highest BCUT2D eigenvalue weighted by atomic mass is 35.5. The lowest BCUT2D eigenvalue weighted by atomic mass is 10.2. The molecule has 1 aliphatic rings. The molecule has 24 heavy (non-hydrogen) atoms. The van der Waals surface area contributed by atoms with Crippen LogP contribution in [0.4, 0.5) is 4.79 Å². The van der Waals surface area contributed by atoms with Crippen LogP contribution in [0.1, 0.15) is 12.5 Å². The van der Waals surface area contributed by atoms with Gasteiger partial charge in [-0.05, 0) is 18.6 Å². The second-order valence-corrected chi connectivity index (χ2v) is 5.79. The molecule has 2 rings (SSSR count). The molecule has 3 amide bonds. The molecule has 0 saturated carbocycles. The predicted molar refractivity (Wildman–Crippen MR) is 94.0 cm³/mol. The van der Waals surface area contributed by atoms with Crippen molar-refractivity contribution in [2.75, 3.05) is 33.2 Å². The van der Waals surface area contributed by atoms with Gasteiger partial charge in [0.15, 0.2) is 5.96 Å². The fraction of sp³-hybridized carbons (Fsp3) is 0.438. The summed E-state index contributed by atoms with van der Waals surface area (Å²) in [5.74, 6) is 0.481. The Morgan fingerprint density at radius 1 is 1.42 bits per heavy atom. The number of urea groups is 1. The minimum atomic E-state index is -0.357. The zero-order chi connectivity index (χ0) is 17.5. The van der Waals surface area contributed by atoms with Gasteiger partial charge in [0.2, 0.25) is 5.91 Å². The number of halogens is 1. The molecule has 0 aromatic heterocycles. The van der Waals surface area contributed by atoms with Crippen molar-refractivity contribution in [1.82, 2.24) is 20.4 Å². The number of guanidine groups is 1. The third kappa shape index (κ3) is 4.61. The van der Waals surface area contributed by atoms with E-state index in [4.69, 9.17) is 11.6 Å². The maximum atomic E-state index is 11.6. The Bertz CT molecular complexity index is 619.